The van der Waals surface area contributed by atoms with E-state index in [9.17, 15) is 9.59 Å². The van der Waals surface area contributed by atoms with Gasteiger partial charge in [0, 0.05) is 12.7 Å². The van der Waals surface area contributed by atoms with Crippen LogP contribution in [0, 0.1) is 23.2 Å². The van der Waals surface area contributed by atoms with Gasteiger partial charge in [-0.05, 0) is 61.7 Å². The van der Waals surface area contributed by atoms with E-state index in [2.05, 4.69) is 15.2 Å². The Morgan fingerprint density at radius 2 is 1.72 bits per heavy atom. The first-order valence-electron chi connectivity index (χ1n) is 9.30. The number of carbonyl (C=O) groups excluding carboxylic acids is 2. The summed E-state index contributed by atoms with van der Waals surface area (Å²) in [7, 11) is 0. The number of nitrogens with zero attached hydrogens (tertiary/aromatic N) is 3. The molecule has 25 heavy (non-hydrogen) atoms. The summed E-state index contributed by atoms with van der Waals surface area (Å²) in [5.41, 5.74) is 1.64. The number of fused-ring (bicyclic) bond motifs is 3. The summed E-state index contributed by atoms with van der Waals surface area (Å²) in [5.74, 6) is 2.09. The van der Waals surface area contributed by atoms with Crippen molar-refractivity contribution in [2.75, 3.05) is 6.54 Å². The zero-order valence-electron chi connectivity index (χ0n) is 14.0. The van der Waals surface area contributed by atoms with E-state index in [4.69, 9.17) is 0 Å². The fourth-order valence-corrected chi connectivity index (χ4v) is 6.63. The summed E-state index contributed by atoms with van der Waals surface area (Å²) in [4.78, 5) is 31.8. The first-order valence-corrected chi connectivity index (χ1v) is 9.30. The maximum Gasteiger partial charge on any atom is 0.263 e. The molecule has 0 aromatic carbocycles. The van der Waals surface area contributed by atoms with E-state index < -0.39 is 0 Å². The first kappa shape index (κ1) is 14.0. The number of imide groups is 1. The highest BCUT2D eigenvalue weighted by molar-refractivity contribution is 6.25. The Balaban J connectivity index is 1.38. The van der Waals surface area contributed by atoms with E-state index >= 15 is 0 Å². The maximum absolute atomic E-state index is 13.1. The Kier molecular flexibility index (Phi) is 2.51. The summed E-state index contributed by atoms with van der Waals surface area (Å²) < 4.78 is 0. The Hall–Kier alpha value is -2.24. The number of H-pyrrole nitrogens is 1. The van der Waals surface area contributed by atoms with Crippen LogP contribution in [0.5, 0.6) is 0 Å². The molecule has 0 atom stereocenters. The van der Waals surface area contributed by atoms with Crippen LogP contribution >= 0.6 is 0 Å². The molecule has 128 valence electrons. The van der Waals surface area contributed by atoms with Crippen LogP contribution in [0.4, 0.5) is 0 Å². The third-order valence-corrected chi connectivity index (χ3v) is 7.07. The van der Waals surface area contributed by atoms with Gasteiger partial charge in [0.15, 0.2) is 5.65 Å². The molecular weight excluding hydrogens is 316 g/mol. The van der Waals surface area contributed by atoms with Crippen molar-refractivity contribution in [3.05, 3.63) is 23.5 Å². The van der Waals surface area contributed by atoms with Gasteiger partial charge in [-0.15, -0.1) is 0 Å². The van der Waals surface area contributed by atoms with Crippen molar-refractivity contribution in [1.29, 1.82) is 0 Å². The molecule has 1 N–H and O–H groups in total. The predicted octanol–water partition coefficient (Wildman–Crippen LogP) is 2.77. The molecule has 4 fully saturated rings. The number of pyridine rings is 1. The van der Waals surface area contributed by atoms with E-state index in [0.29, 0.717) is 28.7 Å². The highest BCUT2D eigenvalue weighted by Crippen LogP contribution is 2.60. The van der Waals surface area contributed by atoms with Crippen molar-refractivity contribution >= 4 is 22.8 Å². The fourth-order valence-electron chi connectivity index (χ4n) is 6.63. The number of rotatable bonds is 2. The highest BCUT2D eigenvalue weighted by atomic mass is 16.2. The molecule has 0 saturated heterocycles. The zero-order valence-corrected chi connectivity index (χ0v) is 14.0. The molecule has 0 unspecified atom stereocenters. The molecule has 2 aromatic heterocycles. The van der Waals surface area contributed by atoms with Gasteiger partial charge in [0.05, 0.1) is 22.7 Å². The van der Waals surface area contributed by atoms with Crippen LogP contribution in [-0.2, 0) is 0 Å². The van der Waals surface area contributed by atoms with Gasteiger partial charge in [-0.3, -0.25) is 19.6 Å². The molecule has 6 heteroatoms. The van der Waals surface area contributed by atoms with Crippen LogP contribution in [0.3, 0.4) is 0 Å². The molecule has 4 bridgehead atoms. The van der Waals surface area contributed by atoms with Gasteiger partial charge < -0.3 is 0 Å². The number of aromatic nitrogens is 3. The molecule has 1 aliphatic heterocycles. The molecule has 2 amide bonds. The molecule has 4 aliphatic carbocycles. The lowest BCUT2D eigenvalue weighted by Gasteiger charge is -2.57. The standard InChI is InChI=1S/C19H20N4O2/c24-17-14-7-20-16-13(8-21-22-16)15(14)18(25)23(17)9-19-4-10-1-11(5-19)3-12(2-10)6-19/h7-8,10-12H,1-6,9H2,(H,20,21,22). The molecule has 0 spiro atoms. The van der Waals surface area contributed by atoms with Crippen molar-refractivity contribution in [3.8, 4) is 0 Å². The van der Waals surface area contributed by atoms with Crippen molar-refractivity contribution in [2.24, 2.45) is 23.2 Å². The second kappa shape index (κ2) is 4.48. The quantitative estimate of drug-likeness (QED) is 0.855. The Morgan fingerprint density at radius 1 is 1.04 bits per heavy atom. The second-order valence-electron chi connectivity index (χ2n) is 8.79. The average Bonchev–Trinajstić information content (AvgIpc) is 3.12. The molecular formula is C19H20N4O2. The Labute approximate surface area is 145 Å². The number of carbonyl (C=O) groups is 2. The maximum atomic E-state index is 13.1. The van der Waals surface area contributed by atoms with Gasteiger partial charge in [-0.1, -0.05) is 0 Å². The van der Waals surface area contributed by atoms with Crippen molar-refractivity contribution < 1.29 is 9.59 Å². The monoisotopic (exact) mass is 336 g/mol. The smallest absolute Gasteiger partial charge is 0.263 e. The first-order chi connectivity index (χ1) is 12.1. The van der Waals surface area contributed by atoms with Gasteiger partial charge >= 0.3 is 0 Å². The Morgan fingerprint density at radius 3 is 2.40 bits per heavy atom. The van der Waals surface area contributed by atoms with Crippen LogP contribution in [-0.4, -0.2) is 38.4 Å². The number of hydrogen-bond donors (Lipinski definition) is 1. The molecule has 5 aliphatic rings. The summed E-state index contributed by atoms with van der Waals surface area (Å²) in [6, 6.07) is 0. The SMILES string of the molecule is O=C1c2cnc3[nH]ncc3c2C(=O)N1CC12CC3CC(CC(C3)C1)C2. The van der Waals surface area contributed by atoms with E-state index in [0.717, 1.165) is 17.8 Å². The average molecular weight is 336 g/mol. The van der Waals surface area contributed by atoms with E-state index in [1.165, 1.54) is 49.6 Å². The predicted molar refractivity (Wildman–Crippen MR) is 89.9 cm³/mol. The van der Waals surface area contributed by atoms with Gasteiger partial charge in [0.1, 0.15) is 0 Å². The molecule has 4 saturated carbocycles. The van der Waals surface area contributed by atoms with Crippen molar-refractivity contribution in [2.45, 2.75) is 38.5 Å². The molecule has 0 radical (unpaired) electrons. The van der Waals surface area contributed by atoms with Crippen molar-refractivity contribution in [3.63, 3.8) is 0 Å². The molecule has 7 rings (SSSR count). The van der Waals surface area contributed by atoms with Gasteiger partial charge in [-0.2, -0.15) is 5.10 Å². The number of nitrogens with one attached hydrogen (secondary N) is 1. The molecule has 2 aromatic rings. The van der Waals surface area contributed by atoms with Crippen LogP contribution in [0.2, 0.25) is 0 Å². The number of hydrogen-bond acceptors (Lipinski definition) is 4. The second-order valence-corrected chi connectivity index (χ2v) is 8.79. The summed E-state index contributed by atoms with van der Waals surface area (Å²) >= 11 is 0. The van der Waals surface area contributed by atoms with E-state index in [-0.39, 0.29) is 17.2 Å². The summed E-state index contributed by atoms with van der Waals surface area (Å²) in [6.07, 6.45) is 10.8. The van der Waals surface area contributed by atoms with E-state index in [1.54, 1.807) is 6.20 Å². The minimum Gasteiger partial charge on any atom is -0.274 e. The minimum absolute atomic E-state index is 0.158. The van der Waals surface area contributed by atoms with Gasteiger partial charge in [-0.25, -0.2) is 4.98 Å². The number of amides is 2. The normalized spacial score (nSPS) is 35.8. The zero-order chi connectivity index (χ0) is 16.8. The lowest BCUT2D eigenvalue weighted by Crippen LogP contribution is -2.52. The fraction of sp³-hybridized carbons (Fsp3) is 0.579. The van der Waals surface area contributed by atoms with Crippen LogP contribution < -0.4 is 0 Å². The summed E-state index contributed by atoms with van der Waals surface area (Å²) in [5, 5.41) is 7.41. The van der Waals surface area contributed by atoms with Gasteiger partial charge in [0.2, 0.25) is 0 Å². The largest absolute Gasteiger partial charge is 0.274 e. The lowest BCUT2D eigenvalue weighted by atomic mass is 9.49. The number of aromatic amines is 1. The summed E-state index contributed by atoms with van der Waals surface area (Å²) in [6.45, 7) is 0.586. The minimum atomic E-state index is -0.175. The van der Waals surface area contributed by atoms with Crippen LogP contribution in [0.15, 0.2) is 12.4 Å². The third kappa shape index (κ3) is 1.80. The molecule has 6 nitrogen and oxygen atoms in total. The van der Waals surface area contributed by atoms with Crippen LogP contribution in [0.1, 0.15) is 59.2 Å². The van der Waals surface area contributed by atoms with E-state index in [1.807, 2.05) is 0 Å². The van der Waals surface area contributed by atoms with Crippen molar-refractivity contribution in [1.82, 2.24) is 20.1 Å². The molecule has 3 heterocycles. The lowest BCUT2D eigenvalue weighted by molar-refractivity contribution is -0.0618. The van der Waals surface area contributed by atoms with Gasteiger partial charge in [0.25, 0.3) is 11.8 Å². The topological polar surface area (TPSA) is 79.0 Å². The third-order valence-electron chi connectivity index (χ3n) is 7.07. The highest BCUT2D eigenvalue weighted by Gasteiger charge is 2.53. The van der Waals surface area contributed by atoms with Crippen LogP contribution in [0.25, 0.3) is 11.0 Å². The Bertz CT molecular complexity index is 895.